The van der Waals surface area contributed by atoms with Crippen LogP contribution in [0.4, 0.5) is 5.69 Å². The third kappa shape index (κ3) is 5.52. The molecule has 1 atom stereocenters. The van der Waals surface area contributed by atoms with Crippen molar-refractivity contribution in [3.63, 3.8) is 0 Å². The Morgan fingerprint density at radius 1 is 1.22 bits per heavy atom. The van der Waals surface area contributed by atoms with Gasteiger partial charge < -0.3 is 20.0 Å². The normalized spacial score (nSPS) is 19.6. The molecule has 0 bridgehead atoms. The van der Waals surface area contributed by atoms with Crippen molar-refractivity contribution in [1.29, 1.82) is 0 Å². The Labute approximate surface area is 140 Å². The largest absolute Gasteiger partial charge is 0.378 e. The van der Waals surface area contributed by atoms with Crippen LogP contribution < -0.4 is 10.2 Å². The second-order valence-electron chi connectivity index (χ2n) is 6.76. The van der Waals surface area contributed by atoms with Crippen molar-refractivity contribution in [3.05, 3.63) is 29.8 Å². The number of piperazine rings is 1. The van der Waals surface area contributed by atoms with Crippen LogP contribution in [0.5, 0.6) is 0 Å². The molecule has 1 unspecified atom stereocenters. The number of carbonyl (C=O) groups excluding carboxylic acids is 1. The summed E-state index contributed by atoms with van der Waals surface area (Å²) in [6.07, 6.45) is 1.46. The number of nitrogens with zero attached hydrogens (tertiary/aromatic N) is 3. The van der Waals surface area contributed by atoms with Gasteiger partial charge >= 0.3 is 0 Å². The zero-order valence-corrected chi connectivity index (χ0v) is 14.9. The van der Waals surface area contributed by atoms with Gasteiger partial charge in [-0.3, -0.25) is 4.79 Å². The van der Waals surface area contributed by atoms with E-state index in [9.17, 15) is 4.79 Å². The van der Waals surface area contributed by atoms with Crippen molar-refractivity contribution >= 4 is 11.6 Å². The molecule has 128 valence electrons. The third-order valence-corrected chi connectivity index (χ3v) is 4.59. The van der Waals surface area contributed by atoms with Crippen molar-refractivity contribution in [3.8, 4) is 0 Å². The number of hydrogen-bond donors (Lipinski definition) is 1. The summed E-state index contributed by atoms with van der Waals surface area (Å²) in [7, 11) is 8.30. The van der Waals surface area contributed by atoms with E-state index in [1.54, 1.807) is 0 Å². The third-order valence-electron chi connectivity index (χ3n) is 4.59. The summed E-state index contributed by atoms with van der Waals surface area (Å²) in [6.45, 7) is 3.78. The fourth-order valence-corrected chi connectivity index (χ4v) is 2.92. The first kappa shape index (κ1) is 17.8. The topological polar surface area (TPSA) is 38.8 Å². The molecule has 1 amide bonds. The molecule has 0 spiro atoms. The highest BCUT2D eigenvalue weighted by Crippen LogP contribution is 2.12. The lowest BCUT2D eigenvalue weighted by Gasteiger charge is -2.37. The molecule has 0 aliphatic carbocycles. The summed E-state index contributed by atoms with van der Waals surface area (Å²) in [5.41, 5.74) is 2.45. The van der Waals surface area contributed by atoms with Crippen molar-refractivity contribution in [2.75, 3.05) is 59.3 Å². The molecule has 1 aliphatic heterocycles. The number of rotatable bonds is 6. The maximum absolute atomic E-state index is 12.1. The van der Waals surface area contributed by atoms with Gasteiger partial charge in [0.1, 0.15) is 0 Å². The minimum absolute atomic E-state index is 0.155. The monoisotopic (exact) mass is 318 g/mol. The molecule has 1 saturated heterocycles. The van der Waals surface area contributed by atoms with Crippen LogP contribution in [-0.2, 0) is 11.2 Å². The Balaban J connectivity index is 1.72. The lowest BCUT2D eigenvalue weighted by Crippen LogP contribution is -2.51. The molecule has 1 aliphatic rings. The first-order valence-corrected chi connectivity index (χ1v) is 8.37. The first-order chi connectivity index (χ1) is 11.0. The summed E-state index contributed by atoms with van der Waals surface area (Å²) in [5, 5.41) is 3.06. The maximum atomic E-state index is 12.1. The minimum Gasteiger partial charge on any atom is -0.378 e. The Kier molecular flexibility index (Phi) is 6.42. The van der Waals surface area contributed by atoms with Crippen molar-refractivity contribution < 1.29 is 4.79 Å². The average molecular weight is 318 g/mol. The van der Waals surface area contributed by atoms with E-state index < -0.39 is 0 Å². The highest BCUT2D eigenvalue weighted by atomic mass is 16.1. The minimum atomic E-state index is 0.155. The molecule has 0 radical (unpaired) electrons. The zero-order chi connectivity index (χ0) is 16.8. The zero-order valence-electron chi connectivity index (χ0n) is 14.9. The predicted molar refractivity (Wildman–Crippen MR) is 96.0 cm³/mol. The van der Waals surface area contributed by atoms with Gasteiger partial charge in [-0.15, -0.1) is 0 Å². The summed E-state index contributed by atoms with van der Waals surface area (Å²) < 4.78 is 0. The van der Waals surface area contributed by atoms with E-state index in [1.807, 2.05) is 14.1 Å². The molecule has 0 saturated carbocycles. The van der Waals surface area contributed by atoms with E-state index in [2.05, 4.69) is 58.4 Å². The van der Waals surface area contributed by atoms with Crippen molar-refractivity contribution in [2.24, 2.45) is 0 Å². The van der Waals surface area contributed by atoms with E-state index >= 15 is 0 Å². The second-order valence-corrected chi connectivity index (χ2v) is 6.76. The number of hydrogen-bond acceptors (Lipinski definition) is 4. The molecule has 1 fully saturated rings. The van der Waals surface area contributed by atoms with Crippen LogP contribution in [0.1, 0.15) is 12.0 Å². The molecule has 5 heteroatoms. The lowest BCUT2D eigenvalue weighted by atomic mass is 10.1. The van der Waals surface area contributed by atoms with Gasteiger partial charge in [0.25, 0.3) is 0 Å². The van der Waals surface area contributed by atoms with Crippen molar-refractivity contribution in [2.45, 2.75) is 18.9 Å². The van der Waals surface area contributed by atoms with Crippen LogP contribution in [-0.4, -0.2) is 76.1 Å². The van der Waals surface area contributed by atoms with Gasteiger partial charge in [0.05, 0.1) is 0 Å². The van der Waals surface area contributed by atoms with Gasteiger partial charge in [0.15, 0.2) is 0 Å². The fourth-order valence-electron chi connectivity index (χ4n) is 2.92. The number of benzene rings is 1. The average Bonchev–Trinajstić information content (AvgIpc) is 2.51. The maximum Gasteiger partial charge on any atom is 0.221 e. The van der Waals surface area contributed by atoms with Gasteiger partial charge in [-0.1, -0.05) is 12.1 Å². The number of nitrogens with one attached hydrogen (secondary N) is 1. The highest BCUT2D eigenvalue weighted by molar-refractivity contribution is 5.76. The van der Waals surface area contributed by atoms with Crippen LogP contribution in [0.25, 0.3) is 0 Å². The Morgan fingerprint density at radius 3 is 2.57 bits per heavy atom. The van der Waals surface area contributed by atoms with Crippen LogP contribution in [0, 0.1) is 0 Å². The molecular weight excluding hydrogens is 288 g/mol. The predicted octanol–water partition coefficient (Wildman–Crippen LogP) is 1.05. The van der Waals surface area contributed by atoms with Crippen LogP contribution in [0.3, 0.4) is 0 Å². The van der Waals surface area contributed by atoms with E-state index in [-0.39, 0.29) is 5.91 Å². The quantitative estimate of drug-likeness (QED) is 0.851. The summed E-state index contributed by atoms with van der Waals surface area (Å²) in [5.74, 6) is 0.155. The number of amides is 1. The molecule has 2 rings (SSSR count). The van der Waals surface area contributed by atoms with Gasteiger partial charge in [-0.2, -0.15) is 0 Å². The number of likely N-dealkylation sites (N-methyl/N-ethyl adjacent to an activating group) is 2. The van der Waals surface area contributed by atoms with Gasteiger partial charge in [0, 0.05) is 58.4 Å². The molecule has 1 aromatic carbocycles. The van der Waals surface area contributed by atoms with Gasteiger partial charge in [-0.05, 0) is 38.2 Å². The molecule has 1 aromatic rings. The van der Waals surface area contributed by atoms with E-state index in [4.69, 9.17) is 0 Å². The smallest absolute Gasteiger partial charge is 0.221 e. The van der Waals surface area contributed by atoms with E-state index in [0.29, 0.717) is 19.0 Å². The number of carbonyl (C=O) groups is 1. The molecule has 5 nitrogen and oxygen atoms in total. The fraction of sp³-hybridized carbons (Fsp3) is 0.611. The van der Waals surface area contributed by atoms with Crippen LogP contribution in [0.2, 0.25) is 0 Å². The van der Waals surface area contributed by atoms with E-state index in [1.165, 1.54) is 11.3 Å². The molecular formula is C18H30N4O. The van der Waals surface area contributed by atoms with Crippen LogP contribution >= 0.6 is 0 Å². The summed E-state index contributed by atoms with van der Waals surface area (Å²) in [6, 6.07) is 8.82. The van der Waals surface area contributed by atoms with Crippen LogP contribution in [0.15, 0.2) is 24.3 Å². The molecule has 1 N–H and O–H groups in total. The standard InChI is InChI=1S/C18H30N4O/c1-20(2)16-7-5-15(6-8-16)9-10-19-18(23)13-17-14-21(3)11-12-22(17)4/h5-8,17H,9-14H2,1-4H3,(H,19,23). The SMILES string of the molecule is CN1CCN(C)C(CC(=O)NCCc2ccc(N(C)C)cc2)C1. The van der Waals surface area contributed by atoms with Gasteiger partial charge in [0.2, 0.25) is 5.91 Å². The summed E-state index contributed by atoms with van der Waals surface area (Å²) >= 11 is 0. The Bertz CT molecular complexity index is 500. The van der Waals surface area contributed by atoms with Crippen molar-refractivity contribution in [1.82, 2.24) is 15.1 Å². The summed E-state index contributed by atoms with van der Waals surface area (Å²) in [4.78, 5) is 18.8. The van der Waals surface area contributed by atoms with E-state index in [0.717, 1.165) is 26.1 Å². The molecule has 23 heavy (non-hydrogen) atoms. The Morgan fingerprint density at radius 2 is 1.91 bits per heavy atom. The lowest BCUT2D eigenvalue weighted by molar-refractivity contribution is -0.122. The highest BCUT2D eigenvalue weighted by Gasteiger charge is 2.24. The second kappa shape index (κ2) is 8.31. The number of anilines is 1. The molecule has 1 heterocycles. The molecule has 0 aromatic heterocycles. The first-order valence-electron chi connectivity index (χ1n) is 8.37. The Hall–Kier alpha value is -1.59. The van der Waals surface area contributed by atoms with Gasteiger partial charge in [-0.25, -0.2) is 0 Å².